The first-order valence-corrected chi connectivity index (χ1v) is 9.74. The van der Waals surface area contributed by atoms with Gasteiger partial charge < -0.3 is 44.2 Å². The first-order valence-electron chi connectivity index (χ1n) is 9.74. The Morgan fingerprint density at radius 2 is 1.67 bits per heavy atom. The maximum absolute atomic E-state index is 12.6. The van der Waals surface area contributed by atoms with Gasteiger partial charge in [0, 0.05) is 23.8 Å². The van der Waals surface area contributed by atoms with Crippen LogP contribution in [0.2, 0.25) is 0 Å². The van der Waals surface area contributed by atoms with Crippen molar-refractivity contribution in [1.29, 1.82) is 0 Å². The van der Waals surface area contributed by atoms with Crippen LogP contribution in [0.25, 0.3) is 22.3 Å². The molecule has 11 heteroatoms. The molecule has 5 atom stereocenters. The SMILES string of the molecule is COC(=O)C1OC(Oc2cc(O)c3c(=O)cc(-c4ccc(O)cc4)oc3c2)C(O)C(O)C1O. The zero-order valence-electron chi connectivity index (χ0n) is 17.1. The van der Waals surface area contributed by atoms with E-state index in [1.165, 1.54) is 36.4 Å². The molecule has 3 aromatic rings. The Balaban J connectivity index is 1.70. The lowest BCUT2D eigenvalue weighted by Crippen LogP contribution is -2.61. The second kappa shape index (κ2) is 8.71. The van der Waals surface area contributed by atoms with Gasteiger partial charge in [-0.05, 0) is 24.3 Å². The number of hydrogen-bond acceptors (Lipinski definition) is 11. The zero-order chi connectivity index (χ0) is 23.9. The summed E-state index contributed by atoms with van der Waals surface area (Å²) in [6, 6.07) is 9.39. The fraction of sp³-hybridized carbons (Fsp3) is 0.273. The summed E-state index contributed by atoms with van der Waals surface area (Å²) < 4.78 is 21.0. The van der Waals surface area contributed by atoms with Gasteiger partial charge in [-0.3, -0.25) is 4.79 Å². The van der Waals surface area contributed by atoms with Crippen molar-refractivity contribution in [3.05, 3.63) is 52.7 Å². The van der Waals surface area contributed by atoms with Crippen molar-refractivity contribution >= 4 is 16.9 Å². The Morgan fingerprint density at radius 1 is 0.970 bits per heavy atom. The molecule has 2 heterocycles. The Bertz CT molecular complexity index is 1230. The number of methoxy groups -OCH3 is 1. The molecule has 0 radical (unpaired) electrons. The molecule has 1 fully saturated rings. The van der Waals surface area contributed by atoms with Crippen LogP contribution in [-0.2, 0) is 14.3 Å². The maximum Gasteiger partial charge on any atom is 0.337 e. The summed E-state index contributed by atoms with van der Waals surface area (Å²) in [5.41, 5.74) is -0.112. The molecular weight excluding hydrogens is 440 g/mol. The van der Waals surface area contributed by atoms with Gasteiger partial charge in [-0.1, -0.05) is 0 Å². The number of esters is 1. The molecule has 5 unspecified atom stereocenters. The number of phenolic OH excluding ortho intramolecular Hbond substituents is 2. The molecule has 4 rings (SSSR count). The molecule has 0 bridgehead atoms. The van der Waals surface area contributed by atoms with Crippen molar-refractivity contribution in [2.45, 2.75) is 30.7 Å². The Kier molecular flexibility index (Phi) is 5.95. The lowest BCUT2D eigenvalue weighted by Gasteiger charge is -2.38. The second-order valence-corrected chi connectivity index (χ2v) is 7.38. The number of benzene rings is 2. The third-order valence-electron chi connectivity index (χ3n) is 5.19. The minimum Gasteiger partial charge on any atom is -0.508 e. The van der Waals surface area contributed by atoms with Gasteiger partial charge in [-0.25, -0.2) is 4.79 Å². The Morgan fingerprint density at radius 3 is 2.33 bits per heavy atom. The molecular formula is C22H20O11. The third-order valence-corrected chi connectivity index (χ3v) is 5.19. The van der Waals surface area contributed by atoms with Crippen LogP contribution in [-0.4, -0.2) is 69.3 Å². The molecule has 174 valence electrons. The number of aliphatic hydroxyl groups excluding tert-OH is 3. The number of aromatic hydroxyl groups is 2. The van der Waals surface area contributed by atoms with E-state index in [0.29, 0.717) is 5.56 Å². The number of phenols is 2. The summed E-state index contributed by atoms with van der Waals surface area (Å²) in [6.07, 6.45) is -8.57. The van der Waals surface area contributed by atoms with Gasteiger partial charge in [-0.2, -0.15) is 0 Å². The lowest BCUT2D eigenvalue weighted by molar-refractivity contribution is -0.271. The van der Waals surface area contributed by atoms with Gasteiger partial charge in [0.05, 0.1) is 7.11 Å². The summed E-state index contributed by atoms with van der Waals surface area (Å²) >= 11 is 0. The number of fused-ring (bicyclic) bond motifs is 1. The van der Waals surface area contributed by atoms with Crippen molar-refractivity contribution in [3.63, 3.8) is 0 Å². The highest BCUT2D eigenvalue weighted by atomic mass is 16.7. The molecule has 0 aliphatic carbocycles. The minimum absolute atomic E-state index is 0.0267. The van der Waals surface area contributed by atoms with E-state index < -0.39 is 47.9 Å². The second-order valence-electron chi connectivity index (χ2n) is 7.38. The largest absolute Gasteiger partial charge is 0.508 e. The first-order chi connectivity index (χ1) is 15.7. The van der Waals surface area contributed by atoms with E-state index in [1.54, 1.807) is 0 Å². The Hall–Kier alpha value is -3.64. The summed E-state index contributed by atoms with van der Waals surface area (Å²) in [4.78, 5) is 24.4. The number of carbonyl (C=O) groups excluding carboxylic acids is 1. The fourth-order valence-corrected chi connectivity index (χ4v) is 3.47. The summed E-state index contributed by atoms with van der Waals surface area (Å²) in [7, 11) is 1.06. The van der Waals surface area contributed by atoms with E-state index in [0.717, 1.165) is 13.2 Å². The number of carbonyl (C=O) groups is 1. The van der Waals surface area contributed by atoms with Crippen LogP contribution in [0.4, 0.5) is 0 Å². The number of hydrogen-bond donors (Lipinski definition) is 5. The molecule has 1 aliphatic heterocycles. The average molecular weight is 460 g/mol. The van der Waals surface area contributed by atoms with Crippen LogP contribution in [0.15, 0.2) is 51.7 Å². The number of aliphatic hydroxyl groups is 3. The molecule has 2 aromatic carbocycles. The zero-order valence-corrected chi connectivity index (χ0v) is 17.1. The van der Waals surface area contributed by atoms with Crippen molar-refractivity contribution in [2.75, 3.05) is 7.11 Å². The molecule has 1 aliphatic rings. The van der Waals surface area contributed by atoms with Gasteiger partial charge in [0.25, 0.3) is 0 Å². The van der Waals surface area contributed by atoms with E-state index in [4.69, 9.17) is 13.9 Å². The van der Waals surface area contributed by atoms with E-state index in [-0.39, 0.29) is 28.2 Å². The van der Waals surface area contributed by atoms with Crippen LogP contribution >= 0.6 is 0 Å². The van der Waals surface area contributed by atoms with Gasteiger partial charge in [0.2, 0.25) is 6.29 Å². The topological polar surface area (TPSA) is 176 Å². The van der Waals surface area contributed by atoms with Crippen molar-refractivity contribution in [1.82, 2.24) is 0 Å². The molecule has 33 heavy (non-hydrogen) atoms. The molecule has 5 N–H and O–H groups in total. The molecule has 11 nitrogen and oxygen atoms in total. The van der Waals surface area contributed by atoms with E-state index in [9.17, 15) is 35.1 Å². The average Bonchev–Trinajstić information content (AvgIpc) is 2.78. The van der Waals surface area contributed by atoms with Gasteiger partial charge in [0.15, 0.2) is 11.5 Å². The van der Waals surface area contributed by atoms with Crippen LogP contribution in [0.3, 0.4) is 0 Å². The van der Waals surface area contributed by atoms with Crippen LogP contribution in [0, 0.1) is 0 Å². The first kappa shape index (κ1) is 22.6. The molecule has 1 saturated heterocycles. The van der Waals surface area contributed by atoms with Gasteiger partial charge >= 0.3 is 5.97 Å². The van der Waals surface area contributed by atoms with Crippen molar-refractivity contribution in [3.8, 4) is 28.6 Å². The predicted octanol–water partition coefficient (Wildman–Crippen LogP) is 0.231. The van der Waals surface area contributed by atoms with Crippen LogP contribution < -0.4 is 10.2 Å². The van der Waals surface area contributed by atoms with Crippen molar-refractivity contribution in [2.24, 2.45) is 0 Å². The fourth-order valence-electron chi connectivity index (χ4n) is 3.47. The van der Waals surface area contributed by atoms with E-state index >= 15 is 0 Å². The molecule has 1 aromatic heterocycles. The summed E-state index contributed by atoms with van der Waals surface area (Å²) in [6.45, 7) is 0. The standard InChI is InChI=1S/C22H20O11/c1-30-21(29)20-18(27)17(26)19(28)22(33-20)31-11-6-12(24)16-13(25)8-14(32-15(16)7-11)9-2-4-10(23)5-3-9/h2-8,17-20,22-24,26-28H,1H3. The highest BCUT2D eigenvalue weighted by Gasteiger charge is 2.48. The summed E-state index contributed by atoms with van der Waals surface area (Å²) in [5, 5.41) is 49.9. The quantitative estimate of drug-likeness (QED) is 0.337. The normalized spacial score (nSPS) is 25.0. The van der Waals surface area contributed by atoms with Crippen LogP contribution in [0.1, 0.15) is 0 Å². The van der Waals surface area contributed by atoms with Gasteiger partial charge in [0.1, 0.15) is 52.3 Å². The smallest absolute Gasteiger partial charge is 0.337 e. The van der Waals surface area contributed by atoms with Crippen molar-refractivity contribution < 1.29 is 49.0 Å². The van der Waals surface area contributed by atoms with E-state index in [2.05, 4.69) is 4.74 Å². The third kappa shape index (κ3) is 4.22. The van der Waals surface area contributed by atoms with Gasteiger partial charge in [-0.15, -0.1) is 0 Å². The number of rotatable bonds is 4. The molecule has 0 amide bonds. The highest BCUT2D eigenvalue weighted by Crippen LogP contribution is 2.33. The Labute approximate surface area is 185 Å². The van der Waals surface area contributed by atoms with E-state index in [1.807, 2.05) is 0 Å². The predicted molar refractivity (Wildman–Crippen MR) is 111 cm³/mol. The summed E-state index contributed by atoms with van der Waals surface area (Å²) in [5.74, 6) is -1.42. The molecule has 0 saturated carbocycles. The van der Waals surface area contributed by atoms with Crippen LogP contribution in [0.5, 0.6) is 17.2 Å². The molecule has 0 spiro atoms. The monoisotopic (exact) mass is 460 g/mol. The highest BCUT2D eigenvalue weighted by molar-refractivity contribution is 5.86. The number of ether oxygens (including phenoxy) is 3. The minimum atomic E-state index is -1.79. The maximum atomic E-state index is 12.6. The lowest BCUT2D eigenvalue weighted by atomic mass is 9.99.